The van der Waals surface area contributed by atoms with Gasteiger partial charge >= 0.3 is 0 Å². The average Bonchev–Trinajstić information content (AvgIpc) is 2.36. The van der Waals surface area contributed by atoms with E-state index in [1.807, 2.05) is 20.8 Å². The zero-order valence-electron chi connectivity index (χ0n) is 12.9. The monoisotopic (exact) mass is 356 g/mol. The summed E-state index contributed by atoms with van der Waals surface area (Å²) in [6, 6.07) is 4.38. The molecule has 21 heavy (non-hydrogen) atoms. The molecule has 2 amide bonds. The number of methoxy groups -OCH3 is 1. The smallest absolute Gasteiger partial charge is 0.251 e. The summed E-state index contributed by atoms with van der Waals surface area (Å²) in [5, 5.41) is 5.49. The summed E-state index contributed by atoms with van der Waals surface area (Å²) in [4.78, 5) is 24.1. The van der Waals surface area contributed by atoms with Gasteiger partial charge in [-0.25, -0.2) is 0 Å². The number of carbonyl (C=O) groups is 2. The Morgan fingerprint density at radius 2 is 1.90 bits per heavy atom. The highest BCUT2D eigenvalue weighted by atomic mass is 79.9. The molecular formula is C15H21BrN2O3. The van der Waals surface area contributed by atoms with Gasteiger partial charge in [0.05, 0.1) is 11.6 Å². The molecule has 0 fully saturated rings. The van der Waals surface area contributed by atoms with Crippen LogP contribution in [0, 0.1) is 0 Å². The molecule has 0 aliphatic heterocycles. The Bertz CT molecular complexity index is 538. The second-order valence-corrected chi connectivity index (χ2v) is 6.64. The van der Waals surface area contributed by atoms with Gasteiger partial charge in [-0.05, 0) is 61.8 Å². The number of rotatable bonds is 4. The summed E-state index contributed by atoms with van der Waals surface area (Å²) in [5.74, 6) is 0.114. The van der Waals surface area contributed by atoms with Crippen LogP contribution in [-0.4, -0.2) is 30.5 Å². The standard InChI is InChI=1S/C15H21BrN2O3/c1-9(13(19)18-15(2,3)4)17-14(20)10-6-7-12(21-5)11(16)8-10/h6-9H,1-5H3,(H,17,20)(H,18,19). The maximum Gasteiger partial charge on any atom is 0.251 e. The van der Waals surface area contributed by atoms with Crippen LogP contribution in [0.4, 0.5) is 0 Å². The number of amides is 2. The molecule has 1 atom stereocenters. The molecule has 1 aromatic rings. The van der Waals surface area contributed by atoms with Gasteiger partial charge in [-0.1, -0.05) is 0 Å². The van der Waals surface area contributed by atoms with E-state index < -0.39 is 6.04 Å². The van der Waals surface area contributed by atoms with Crippen LogP contribution >= 0.6 is 15.9 Å². The topological polar surface area (TPSA) is 67.4 Å². The maximum atomic E-state index is 12.1. The normalized spacial score (nSPS) is 12.5. The van der Waals surface area contributed by atoms with Crippen LogP contribution in [0.15, 0.2) is 22.7 Å². The van der Waals surface area contributed by atoms with Gasteiger partial charge in [0.15, 0.2) is 0 Å². The Balaban J connectivity index is 2.72. The van der Waals surface area contributed by atoms with Crippen molar-refractivity contribution in [3.8, 4) is 5.75 Å². The highest BCUT2D eigenvalue weighted by Gasteiger charge is 2.21. The molecule has 1 aromatic carbocycles. The zero-order chi connectivity index (χ0) is 16.2. The lowest BCUT2D eigenvalue weighted by molar-refractivity contribution is -0.124. The number of ether oxygens (including phenoxy) is 1. The van der Waals surface area contributed by atoms with E-state index in [9.17, 15) is 9.59 Å². The third kappa shape index (κ3) is 5.38. The molecule has 0 radical (unpaired) electrons. The molecule has 1 unspecified atom stereocenters. The van der Waals surface area contributed by atoms with Crippen LogP contribution < -0.4 is 15.4 Å². The minimum atomic E-state index is -0.613. The van der Waals surface area contributed by atoms with Gasteiger partial charge in [0.1, 0.15) is 11.8 Å². The Morgan fingerprint density at radius 1 is 1.29 bits per heavy atom. The lowest BCUT2D eigenvalue weighted by Crippen LogP contribution is -2.50. The van der Waals surface area contributed by atoms with E-state index in [0.717, 1.165) is 0 Å². The van der Waals surface area contributed by atoms with Crippen molar-refractivity contribution >= 4 is 27.7 Å². The lowest BCUT2D eigenvalue weighted by atomic mass is 10.1. The quantitative estimate of drug-likeness (QED) is 0.870. The highest BCUT2D eigenvalue weighted by Crippen LogP contribution is 2.25. The number of hydrogen-bond acceptors (Lipinski definition) is 3. The maximum absolute atomic E-state index is 12.1. The number of carbonyl (C=O) groups excluding carboxylic acids is 2. The molecule has 6 heteroatoms. The van der Waals surface area contributed by atoms with E-state index in [1.165, 1.54) is 0 Å². The van der Waals surface area contributed by atoms with Crippen molar-refractivity contribution < 1.29 is 14.3 Å². The van der Waals surface area contributed by atoms with Crippen LogP contribution in [0.2, 0.25) is 0 Å². The van der Waals surface area contributed by atoms with Crippen molar-refractivity contribution in [2.45, 2.75) is 39.3 Å². The fourth-order valence-corrected chi connectivity index (χ4v) is 2.17. The highest BCUT2D eigenvalue weighted by molar-refractivity contribution is 9.10. The molecule has 0 aromatic heterocycles. The SMILES string of the molecule is COc1ccc(C(=O)NC(C)C(=O)NC(C)(C)C)cc1Br. The first kappa shape index (κ1) is 17.5. The van der Waals surface area contributed by atoms with Gasteiger partial charge in [-0.15, -0.1) is 0 Å². The first-order chi connectivity index (χ1) is 9.64. The van der Waals surface area contributed by atoms with Crippen LogP contribution in [0.3, 0.4) is 0 Å². The van der Waals surface area contributed by atoms with Crippen molar-refractivity contribution in [3.05, 3.63) is 28.2 Å². The summed E-state index contributed by atoms with van der Waals surface area (Å²) in [6.07, 6.45) is 0. The van der Waals surface area contributed by atoms with Crippen LogP contribution in [0.5, 0.6) is 5.75 Å². The Kier molecular flexibility index (Phi) is 5.78. The van der Waals surface area contributed by atoms with Gasteiger partial charge in [0, 0.05) is 11.1 Å². The van der Waals surface area contributed by atoms with E-state index in [4.69, 9.17) is 4.74 Å². The average molecular weight is 357 g/mol. The predicted molar refractivity (Wildman–Crippen MR) is 85.5 cm³/mol. The Morgan fingerprint density at radius 3 is 2.38 bits per heavy atom. The van der Waals surface area contributed by atoms with E-state index >= 15 is 0 Å². The predicted octanol–water partition coefficient (Wildman–Crippen LogP) is 2.49. The van der Waals surface area contributed by atoms with Gasteiger partial charge in [-0.3, -0.25) is 9.59 Å². The van der Waals surface area contributed by atoms with Crippen molar-refractivity contribution in [2.75, 3.05) is 7.11 Å². The first-order valence-electron chi connectivity index (χ1n) is 6.60. The lowest BCUT2D eigenvalue weighted by Gasteiger charge is -2.23. The largest absolute Gasteiger partial charge is 0.496 e. The molecule has 1 rings (SSSR count). The Hall–Kier alpha value is -1.56. The van der Waals surface area contributed by atoms with Crippen molar-refractivity contribution in [1.82, 2.24) is 10.6 Å². The van der Waals surface area contributed by atoms with Gasteiger partial charge < -0.3 is 15.4 Å². The molecule has 0 heterocycles. The van der Waals surface area contributed by atoms with Crippen molar-refractivity contribution in [1.29, 1.82) is 0 Å². The molecule has 0 spiro atoms. The summed E-state index contributed by atoms with van der Waals surface area (Å²) in [5.41, 5.74) is 0.122. The molecule has 0 bridgehead atoms. The van der Waals surface area contributed by atoms with E-state index in [0.29, 0.717) is 15.8 Å². The van der Waals surface area contributed by atoms with E-state index in [1.54, 1.807) is 32.2 Å². The second kappa shape index (κ2) is 6.93. The van der Waals surface area contributed by atoms with Crippen LogP contribution in [0.1, 0.15) is 38.1 Å². The number of halogens is 1. The third-order valence-electron chi connectivity index (χ3n) is 2.65. The van der Waals surface area contributed by atoms with Crippen LogP contribution in [-0.2, 0) is 4.79 Å². The minimum absolute atomic E-state index is 0.219. The molecule has 116 valence electrons. The van der Waals surface area contributed by atoms with Crippen LogP contribution in [0.25, 0.3) is 0 Å². The summed E-state index contributed by atoms with van der Waals surface area (Å²) < 4.78 is 5.80. The second-order valence-electron chi connectivity index (χ2n) is 5.78. The molecule has 0 saturated carbocycles. The first-order valence-corrected chi connectivity index (χ1v) is 7.40. The molecule has 0 saturated heterocycles. The summed E-state index contributed by atoms with van der Waals surface area (Å²) >= 11 is 3.33. The number of hydrogen-bond donors (Lipinski definition) is 2. The van der Waals surface area contributed by atoms with Gasteiger partial charge in [-0.2, -0.15) is 0 Å². The molecule has 0 aliphatic carbocycles. The van der Waals surface area contributed by atoms with Crippen molar-refractivity contribution in [3.63, 3.8) is 0 Å². The molecule has 2 N–H and O–H groups in total. The van der Waals surface area contributed by atoms with E-state index in [-0.39, 0.29) is 17.4 Å². The van der Waals surface area contributed by atoms with Crippen molar-refractivity contribution in [2.24, 2.45) is 0 Å². The molecular weight excluding hydrogens is 336 g/mol. The zero-order valence-corrected chi connectivity index (χ0v) is 14.5. The summed E-state index contributed by atoms with van der Waals surface area (Å²) in [6.45, 7) is 7.32. The number of nitrogens with one attached hydrogen (secondary N) is 2. The van der Waals surface area contributed by atoms with Gasteiger partial charge in [0.2, 0.25) is 5.91 Å². The molecule has 0 aliphatic rings. The third-order valence-corrected chi connectivity index (χ3v) is 3.27. The summed E-state index contributed by atoms with van der Waals surface area (Å²) in [7, 11) is 1.55. The minimum Gasteiger partial charge on any atom is -0.496 e. The fourth-order valence-electron chi connectivity index (χ4n) is 1.63. The van der Waals surface area contributed by atoms with E-state index in [2.05, 4.69) is 26.6 Å². The molecule has 5 nitrogen and oxygen atoms in total. The number of benzene rings is 1. The van der Waals surface area contributed by atoms with Gasteiger partial charge in [0.25, 0.3) is 5.91 Å². The fraction of sp³-hybridized carbons (Fsp3) is 0.467. The Labute approximate surface area is 133 Å².